The van der Waals surface area contributed by atoms with Gasteiger partial charge in [0.05, 0.1) is 12.1 Å². The minimum absolute atomic E-state index is 0.0506. The van der Waals surface area contributed by atoms with Crippen LogP contribution in [0.5, 0.6) is 0 Å². The standard InChI is InChI=1S/C18H24N6OS/c1-11(15-20-14-8-4-3-7-13(14)17(25)21-15)26-18-23-22-16(24(18)2)12-6-5-9-19-10-12/h5-6,9-11,13-15,20H,3-4,7-8H2,1-2H3,(H,21,25). The molecule has 1 aliphatic heterocycles. The molecule has 0 radical (unpaired) electrons. The molecule has 0 spiro atoms. The first kappa shape index (κ1) is 17.5. The van der Waals surface area contributed by atoms with Crippen molar-refractivity contribution >= 4 is 17.7 Å². The van der Waals surface area contributed by atoms with E-state index in [1.54, 1.807) is 24.2 Å². The van der Waals surface area contributed by atoms with Crippen LogP contribution in [0, 0.1) is 5.92 Å². The summed E-state index contributed by atoms with van der Waals surface area (Å²) < 4.78 is 1.98. The molecular formula is C18H24N6OS. The van der Waals surface area contributed by atoms with Crippen LogP contribution in [0.3, 0.4) is 0 Å². The van der Waals surface area contributed by atoms with Gasteiger partial charge in [-0.3, -0.25) is 15.1 Å². The van der Waals surface area contributed by atoms with E-state index >= 15 is 0 Å². The number of thioether (sulfide) groups is 1. The predicted molar refractivity (Wildman–Crippen MR) is 100 cm³/mol. The minimum Gasteiger partial charge on any atom is -0.339 e. The van der Waals surface area contributed by atoms with Gasteiger partial charge in [0.25, 0.3) is 0 Å². The summed E-state index contributed by atoms with van der Waals surface area (Å²) in [6.45, 7) is 2.12. The first-order chi connectivity index (χ1) is 12.6. The lowest BCUT2D eigenvalue weighted by Crippen LogP contribution is -2.64. The molecule has 2 N–H and O–H groups in total. The number of hydrogen-bond acceptors (Lipinski definition) is 6. The van der Waals surface area contributed by atoms with E-state index in [1.165, 1.54) is 6.42 Å². The highest BCUT2D eigenvalue weighted by molar-refractivity contribution is 7.99. The van der Waals surface area contributed by atoms with Crippen LogP contribution in [0.2, 0.25) is 0 Å². The Morgan fingerprint density at radius 2 is 2.15 bits per heavy atom. The van der Waals surface area contributed by atoms with Gasteiger partial charge in [-0.05, 0) is 31.9 Å². The van der Waals surface area contributed by atoms with Crippen molar-refractivity contribution in [3.8, 4) is 11.4 Å². The van der Waals surface area contributed by atoms with Crippen LogP contribution in [0.15, 0.2) is 29.7 Å². The lowest BCUT2D eigenvalue weighted by molar-refractivity contribution is -0.130. The fraction of sp³-hybridized carbons (Fsp3) is 0.556. The molecule has 4 atom stereocenters. The molecule has 1 aliphatic carbocycles. The molecule has 7 nitrogen and oxygen atoms in total. The molecule has 2 aliphatic rings. The van der Waals surface area contributed by atoms with Gasteiger partial charge in [0, 0.05) is 36.3 Å². The number of nitrogens with zero attached hydrogens (tertiary/aromatic N) is 4. The van der Waals surface area contributed by atoms with Crippen molar-refractivity contribution in [1.82, 2.24) is 30.4 Å². The molecule has 0 aromatic carbocycles. The molecule has 26 heavy (non-hydrogen) atoms. The van der Waals surface area contributed by atoms with Crippen LogP contribution >= 0.6 is 11.8 Å². The molecular weight excluding hydrogens is 348 g/mol. The molecule has 3 heterocycles. The molecule has 1 saturated carbocycles. The summed E-state index contributed by atoms with van der Waals surface area (Å²) in [5.74, 6) is 1.12. The van der Waals surface area contributed by atoms with Crippen molar-refractivity contribution in [2.45, 2.75) is 55.2 Å². The predicted octanol–water partition coefficient (Wildman–Crippen LogP) is 1.96. The quantitative estimate of drug-likeness (QED) is 0.798. The molecule has 0 bridgehead atoms. The Labute approximate surface area is 157 Å². The van der Waals surface area contributed by atoms with E-state index in [0.29, 0.717) is 6.04 Å². The van der Waals surface area contributed by atoms with E-state index in [4.69, 9.17) is 0 Å². The molecule has 4 unspecified atom stereocenters. The monoisotopic (exact) mass is 372 g/mol. The first-order valence-electron chi connectivity index (χ1n) is 9.16. The van der Waals surface area contributed by atoms with Gasteiger partial charge in [0.2, 0.25) is 5.91 Å². The third-order valence-corrected chi connectivity index (χ3v) is 6.52. The Balaban J connectivity index is 1.46. The third-order valence-electron chi connectivity index (χ3n) is 5.31. The zero-order chi connectivity index (χ0) is 18.1. The van der Waals surface area contributed by atoms with Crippen molar-refractivity contribution in [2.24, 2.45) is 13.0 Å². The van der Waals surface area contributed by atoms with Gasteiger partial charge in [-0.2, -0.15) is 0 Å². The second kappa shape index (κ2) is 7.36. The summed E-state index contributed by atoms with van der Waals surface area (Å²) in [5.41, 5.74) is 0.941. The van der Waals surface area contributed by atoms with Gasteiger partial charge in [-0.1, -0.05) is 24.6 Å². The van der Waals surface area contributed by atoms with E-state index < -0.39 is 0 Å². The molecule has 2 fully saturated rings. The number of hydrogen-bond donors (Lipinski definition) is 2. The van der Waals surface area contributed by atoms with E-state index in [-0.39, 0.29) is 23.2 Å². The highest BCUT2D eigenvalue weighted by Crippen LogP contribution is 2.31. The average molecular weight is 372 g/mol. The van der Waals surface area contributed by atoms with Crippen molar-refractivity contribution in [2.75, 3.05) is 0 Å². The van der Waals surface area contributed by atoms with Crippen LogP contribution < -0.4 is 10.6 Å². The SMILES string of the molecule is CC(Sc1nnc(-c2cccnc2)n1C)C1NC(=O)C2CCCCC2N1. The Morgan fingerprint density at radius 1 is 1.31 bits per heavy atom. The van der Waals surface area contributed by atoms with Crippen LogP contribution in [0.25, 0.3) is 11.4 Å². The van der Waals surface area contributed by atoms with E-state index in [1.807, 2.05) is 23.7 Å². The van der Waals surface area contributed by atoms with Crippen LogP contribution in [-0.2, 0) is 11.8 Å². The Morgan fingerprint density at radius 3 is 2.96 bits per heavy atom. The number of amides is 1. The maximum absolute atomic E-state index is 12.5. The summed E-state index contributed by atoms with van der Waals surface area (Å²) in [5, 5.41) is 16.4. The maximum atomic E-state index is 12.5. The number of fused-ring (bicyclic) bond motifs is 1. The minimum atomic E-state index is -0.0506. The lowest BCUT2D eigenvalue weighted by atomic mass is 9.82. The van der Waals surface area contributed by atoms with Crippen molar-refractivity contribution in [3.05, 3.63) is 24.5 Å². The third kappa shape index (κ3) is 3.35. The average Bonchev–Trinajstić information content (AvgIpc) is 3.03. The van der Waals surface area contributed by atoms with Crippen LogP contribution in [-0.4, -0.2) is 43.1 Å². The number of nitrogens with one attached hydrogen (secondary N) is 2. The van der Waals surface area contributed by atoms with E-state index in [0.717, 1.165) is 35.8 Å². The Hall–Kier alpha value is -1.93. The molecule has 2 aromatic rings. The van der Waals surface area contributed by atoms with Crippen molar-refractivity contribution < 1.29 is 4.79 Å². The van der Waals surface area contributed by atoms with Gasteiger partial charge in [0.15, 0.2) is 11.0 Å². The summed E-state index contributed by atoms with van der Waals surface area (Å²) in [6.07, 6.45) is 7.91. The fourth-order valence-electron chi connectivity index (χ4n) is 3.83. The number of pyridine rings is 1. The zero-order valence-corrected chi connectivity index (χ0v) is 15.9. The van der Waals surface area contributed by atoms with Crippen LogP contribution in [0.1, 0.15) is 32.6 Å². The number of carbonyl (C=O) groups is 1. The second-order valence-electron chi connectivity index (χ2n) is 7.08. The van der Waals surface area contributed by atoms with E-state index in [9.17, 15) is 4.79 Å². The number of aromatic nitrogens is 4. The van der Waals surface area contributed by atoms with Gasteiger partial charge < -0.3 is 9.88 Å². The second-order valence-corrected chi connectivity index (χ2v) is 8.42. The van der Waals surface area contributed by atoms with Gasteiger partial charge >= 0.3 is 0 Å². The van der Waals surface area contributed by atoms with Crippen LogP contribution in [0.4, 0.5) is 0 Å². The zero-order valence-electron chi connectivity index (χ0n) is 15.1. The van der Waals surface area contributed by atoms with Crippen molar-refractivity contribution in [3.63, 3.8) is 0 Å². The molecule has 2 aromatic heterocycles. The highest BCUT2D eigenvalue weighted by Gasteiger charge is 2.39. The molecule has 1 saturated heterocycles. The Kier molecular flexibility index (Phi) is 4.95. The molecule has 8 heteroatoms. The first-order valence-corrected chi connectivity index (χ1v) is 10.0. The van der Waals surface area contributed by atoms with Crippen molar-refractivity contribution in [1.29, 1.82) is 0 Å². The number of rotatable bonds is 4. The molecule has 138 valence electrons. The maximum Gasteiger partial charge on any atom is 0.225 e. The van der Waals surface area contributed by atoms with Gasteiger partial charge in [0.1, 0.15) is 0 Å². The largest absolute Gasteiger partial charge is 0.339 e. The number of carbonyl (C=O) groups excluding carboxylic acids is 1. The summed E-state index contributed by atoms with van der Waals surface area (Å²) in [4.78, 5) is 16.6. The summed E-state index contributed by atoms with van der Waals surface area (Å²) in [7, 11) is 1.96. The van der Waals surface area contributed by atoms with Gasteiger partial charge in [-0.15, -0.1) is 10.2 Å². The smallest absolute Gasteiger partial charge is 0.225 e. The summed E-state index contributed by atoms with van der Waals surface area (Å²) in [6, 6.07) is 4.17. The topological polar surface area (TPSA) is 84.7 Å². The highest BCUT2D eigenvalue weighted by atomic mass is 32.2. The van der Waals surface area contributed by atoms with Gasteiger partial charge in [-0.25, -0.2) is 0 Å². The normalized spacial score (nSPS) is 26.8. The lowest BCUT2D eigenvalue weighted by Gasteiger charge is -2.41. The van der Waals surface area contributed by atoms with E-state index in [2.05, 4.69) is 32.7 Å². The molecule has 1 amide bonds. The fourth-order valence-corrected chi connectivity index (χ4v) is 4.78. The molecule has 4 rings (SSSR count). The Bertz CT molecular complexity index is 779. The summed E-state index contributed by atoms with van der Waals surface area (Å²) >= 11 is 1.63.